The van der Waals surface area contributed by atoms with E-state index < -0.39 is 0 Å². The third-order valence-corrected chi connectivity index (χ3v) is 2.30. The van der Waals surface area contributed by atoms with Crippen LogP contribution in [0.3, 0.4) is 0 Å². The highest BCUT2D eigenvalue weighted by Gasteiger charge is 2.08. The maximum absolute atomic E-state index is 5.46. The van der Waals surface area contributed by atoms with E-state index in [0.717, 1.165) is 28.0 Å². The number of rotatable bonds is 4. The van der Waals surface area contributed by atoms with E-state index in [1.54, 1.807) is 7.11 Å². The highest BCUT2D eigenvalue weighted by Crippen LogP contribution is 2.25. The fourth-order valence-electron chi connectivity index (χ4n) is 1.26. The van der Waals surface area contributed by atoms with Gasteiger partial charge in [0.1, 0.15) is 10.4 Å². The van der Waals surface area contributed by atoms with E-state index in [4.69, 9.17) is 9.47 Å². The molecule has 0 saturated heterocycles. The monoisotopic (exact) mass is 259 g/mol. The molecule has 0 saturated carbocycles. The van der Waals surface area contributed by atoms with Crippen LogP contribution < -0.4 is 4.74 Å². The maximum Gasteiger partial charge on any atom is 0.188 e. The van der Waals surface area contributed by atoms with E-state index in [1.807, 2.05) is 13.0 Å². The average Bonchev–Trinajstić information content (AvgIpc) is 2.15. The van der Waals surface area contributed by atoms with E-state index in [1.165, 1.54) is 0 Å². The van der Waals surface area contributed by atoms with Crippen molar-refractivity contribution < 1.29 is 9.47 Å². The minimum atomic E-state index is 0.261. The minimum absolute atomic E-state index is 0.261. The van der Waals surface area contributed by atoms with Crippen LogP contribution in [0.1, 0.15) is 18.2 Å². The molecule has 1 aromatic heterocycles. The molecule has 1 heterocycles. The first-order valence-corrected chi connectivity index (χ1v) is 5.26. The first-order chi connectivity index (χ1) is 6.69. The number of nitrogens with zero attached hydrogens (tertiary/aromatic N) is 1. The van der Waals surface area contributed by atoms with Gasteiger partial charge in [-0.2, -0.15) is 0 Å². The Bertz CT molecular complexity index is 315. The van der Waals surface area contributed by atoms with Crippen molar-refractivity contribution in [2.24, 2.45) is 0 Å². The molecule has 1 aromatic rings. The van der Waals surface area contributed by atoms with Crippen molar-refractivity contribution >= 4 is 15.9 Å². The first kappa shape index (κ1) is 11.5. The summed E-state index contributed by atoms with van der Waals surface area (Å²) in [5, 5.41) is 0. The summed E-state index contributed by atoms with van der Waals surface area (Å²) in [6.45, 7) is 4.27. The van der Waals surface area contributed by atoms with E-state index in [-0.39, 0.29) is 6.79 Å². The number of aromatic nitrogens is 1. The predicted molar refractivity (Wildman–Crippen MR) is 58.6 cm³/mol. The van der Waals surface area contributed by atoms with Crippen molar-refractivity contribution in [2.75, 3.05) is 13.9 Å². The Labute approximate surface area is 92.6 Å². The van der Waals surface area contributed by atoms with Crippen LogP contribution in [-0.2, 0) is 11.2 Å². The number of ether oxygens (including phenoxy) is 2. The van der Waals surface area contributed by atoms with Gasteiger partial charge < -0.3 is 9.47 Å². The zero-order valence-electron chi connectivity index (χ0n) is 8.63. The zero-order chi connectivity index (χ0) is 10.6. The first-order valence-electron chi connectivity index (χ1n) is 4.46. The quantitative estimate of drug-likeness (QED) is 0.616. The molecule has 0 amide bonds. The molecule has 0 atom stereocenters. The number of hydrogen-bond acceptors (Lipinski definition) is 3. The molecule has 0 unspecified atom stereocenters. The van der Waals surface area contributed by atoms with Gasteiger partial charge in [-0.25, -0.2) is 4.98 Å². The Morgan fingerprint density at radius 1 is 1.50 bits per heavy atom. The van der Waals surface area contributed by atoms with Crippen molar-refractivity contribution in [3.8, 4) is 5.75 Å². The van der Waals surface area contributed by atoms with Gasteiger partial charge in [0.25, 0.3) is 0 Å². The normalized spacial score (nSPS) is 10.3. The molecule has 0 aliphatic rings. The van der Waals surface area contributed by atoms with Gasteiger partial charge in [-0.3, -0.25) is 0 Å². The van der Waals surface area contributed by atoms with Gasteiger partial charge in [-0.1, -0.05) is 6.92 Å². The third kappa shape index (κ3) is 2.69. The van der Waals surface area contributed by atoms with Crippen molar-refractivity contribution in [1.82, 2.24) is 4.98 Å². The van der Waals surface area contributed by atoms with Gasteiger partial charge in [-0.05, 0) is 40.9 Å². The van der Waals surface area contributed by atoms with E-state index >= 15 is 0 Å². The van der Waals surface area contributed by atoms with E-state index in [0.29, 0.717) is 0 Å². The van der Waals surface area contributed by atoms with Crippen molar-refractivity contribution in [3.63, 3.8) is 0 Å². The summed E-state index contributed by atoms with van der Waals surface area (Å²) >= 11 is 3.36. The third-order valence-electron chi connectivity index (χ3n) is 1.89. The average molecular weight is 260 g/mol. The lowest BCUT2D eigenvalue weighted by atomic mass is 10.1. The fraction of sp³-hybridized carbons (Fsp3) is 0.500. The summed E-state index contributed by atoms with van der Waals surface area (Å²) in [6, 6.07) is 1.97. The van der Waals surface area contributed by atoms with Gasteiger partial charge in [-0.15, -0.1) is 0 Å². The Balaban J connectivity index is 2.99. The van der Waals surface area contributed by atoms with Crippen molar-refractivity contribution in [3.05, 3.63) is 21.9 Å². The zero-order valence-corrected chi connectivity index (χ0v) is 10.2. The van der Waals surface area contributed by atoms with Crippen LogP contribution in [0.15, 0.2) is 10.7 Å². The molecule has 78 valence electrons. The minimum Gasteiger partial charge on any atom is -0.465 e. The summed E-state index contributed by atoms with van der Waals surface area (Å²) in [4.78, 5) is 4.27. The highest BCUT2D eigenvalue weighted by molar-refractivity contribution is 9.10. The lowest BCUT2D eigenvalue weighted by Crippen LogP contribution is -2.04. The Morgan fingerprint density at radius 3 is 2.79 bits per heavy atom. The second-order valence-electron chi connectivity index (χ2n) is 2.92. The predicted octanol–water partition coefficient (Wildman–Crippen LogP) is 2.70. The van der Waals surface area contributed by atoms with E-state index in [9.17, 15) is 0 Å². The van der Waals surface area contributed by atoms with Gasteiger partial charge in [0.05, 0.1) is 5.69 Å². The molecule has 0 fully saturated rings. The molecule has 14 heavy (non-hydrogen) atoms. The number of aryl methyl sites for hydroxylation is 2. The largest absolute Gasteiger partial charge is 0.465 e. The van der Waals surface area contributed by atoms with Crippen molar-refractivity contribution in [1.29, 1.82) is 0 Å². The maximum atomic E-state index is 5.46. The molecule has 3 nitrogen and oxygen atoms in total. The van der Waals surface area contributed by atoms with Crippen LogP contribution in [0.25, 0.3) is 0 Å². The SMILES string of the molecule is CCc1cc(Br)nc(C)c1OCOC. The molecule has 0 spiro atoms. The second kappa shape index (κ2) is 5.32. The van der Waals surface area contributed by atoms with Gasteiger partial charge in [0.2, 0.25) is 0 Å². The van der Waals surface area contributed by atoms with Crippen LogP contribution in [-0.4, -0.2) is 18.9 Å². The smallest absolute Gasteiger partial charge is 0.188 e. The Kier molecular flexibility index (Phi) is 4.35. The summed E-state index contributed by atoms with van der Waals surface area (Å²) in [5.74, 6) is 0.831. The topological polar surface area (TPSA) is 31.4 Å². The molecular weight excluding hydrogens is 246 g/mol. The van der Waals surface area contributed by atoms with Crippen LogP contribution in [0.5, 0.6) is 5.75 Å². The number of hydrogen-bond donors (Lipinski definition) is 0. The molecule has 0 bridgehead atoms. The number of pyridine rings is 1. The summed E-state index contributed by atoms with van der Waals surface area (Å²) in [7, 11) is 1.60. The molecule has 0 radical (unpaired) electrons. The molecule has 0 aliphatic heterocycles. The summed E-state index contributed by atoms with van der Waals surface area (Å²) in [6.07, 6.45) is 0.918. The molecular formula is C10H14BrNO2. The highest BCUT2D eigenvalue weighted by atomic mass is 79.9. The van der Waals surface area contributed by atoms with Crippen LogP contribution >= 0.6 is 15.9 Å². The Morgan fingerprint density at radius 2 is 2.21 bits per heavy atom. The van der Waals surface area contributed by atoms with Gasteiger partial charge in [0.15, 0.2) is 6.79 Å². The summed E-state index contributed by atoms with van der Waals surface area (Å²) in [5.41, 5.74) is 2.02. The number of methoxy groups -OCH3 is 1. The van der Waals surface area contributed by atoms with Crippen molar-refractivity contribution in [2.45, 2.75) is 20.3 Å². The second-order valence-corrected chi connectivity index (χ2v) is 3.74. The molecule has 4 heteroatoms. The molecule has 1 rings (SSSR count). The lowest BCUT2D eigenvalue weighted by molar-refractivity contribution is 0.0496. The fourth-order valence-corrected chi connectivity index (χ4v) is 1.80. The van der Waals surface area contributed by atoms with Crippen LogP contribution in [0.2, 0.25) is 0 Å². The molecule has 0 aromatic carbocycles. The van der Waals surface area contributed by atoms with Gasteiger partial charge in [0, 0.05) is 7.11 Å². The Hall–Kier alpha value is -0.610. The molecule has 0 N–H and O–H groups in total. The van der Waals surface area contributed by atoms with Gasteiger partial charge >= 0.3 is 0 Å². The number of halogens is 1. The van der Waals surface area contributed by atoms with E-state index in [2.05, 4.69) is 27.8 Å². The summed E-state index contributed by atoms with van der Waals surface area (Å²) < 4.78 is 11.2. The standard InChI is InChI=1S/C10H14BrNO2/c1-4-8-5-9(11)12-7(2)10(8)14-6-13-3/h5H,4,6H2,1-3H3. The van der Waals surface area contributed by atoms with Crippen LogP contribution in [0, 0.1) is 6.92 Å². The lowest BCUT2D eigenvalue weighted by Gasteiger charge is -2.12. The van der Waals surface area contributed by atoms with Crippen LogP contribution in [0.4, 0.5) is 0 Å². The molecule has 0 aliphatic carbocycles.